The van der Waals surface area contributed by atoms with E-state index in [9.17, 15) is 4.79 Å². The van der Waals surface area contributed by atoms with Crippen LogP contribution in [0.2, 0.25) is 0 Å². The molecule has 0 aromatic carbocycles. The molecule has 1 amide bonds. The van der Waals surface area contributed by atoms with Gasteiger partial charge in [0.1, 0.15) is 12.1 Å². The fraction of sp³-hybridized carbons (Fsp3) is 0.571. The number of anilines is 1. The van der Waals surface area contributed by atoms with Crippen LogP contribution in [0.5, 0.6) is 0 Å². The minimum Gasteiger partial charge on any atom is -0.383 e. The second-order valence-corrected chi connectivity index (χ2v) is 5.37. The molecule has 1 N–H and O–H groups in total. The van der Waals surface area contributed by atoms with Crippen molar-refractivity contribution in [1.29, 1.82) is 0 Å². The highest BCUT2D eigenvalue weighted by Gasteiger charge is 2.25. The van der Waals surface area contributed by atoms with Gasteiger partial charge in [-0.1, -0.05) is 0 Å². The van der Waals surface area contributed by atoms with Crippen molar-refractivity contribution in [2.45, 2.75) is 12.8 Å². The van der Waals surface area contributed by atoms with Crippen LogP contribution in [0.3, 0.4) is 0 Å². The average Bonchev–Trinajstić information content (AvgIpc) is 3.02. The maximum absolute atomic E-state index is 12.0. The Morgan fingerprint density at radius 3 is 3.00 bits per heavy atom. The molecule has 1 aliphatic rings. The van der Waals surface area contributed by atoms with Crippen LogP contribution >= 0.6 is 0 Å². The van der Waals surface area contributed by atoms with Crippen LogP contribution in [0.1, 0.15) is 12.8 Å². The number of fused-ring (bicyclic) bond motifs is 1. The molecule has 1 saturated heterocycles. The summed E-state index contributed by atoms with van der Waals surface area (Å²) in [6.45, 7) is 2.76. The highest BCUT2D eigenvalue weighted by molar-refractivity contribution is 5.78. The lowest BCUT2D eigenvalue weighted by molar-refractivity contribution is -0.125. The summed E-state index contributed by atoms with van der Waals surface area (Å²) in [4.78, 5) is 14.2. The minimum atomic E-state index is 0.0757. The summed E-state index contributed by atoms with van der Waals surface area (Å²) in [5.41, 5.74) is 0.733. The summed E-state index contributed by atoms with van der Waals surface area (Å²) in [7, 11) is 1.63. The molecule has 3 heterocycles. The van der Waals surface area contributed by atoms with E-state index in [0.717, 1.165) is 37.4 Å². The van der Waals surface area contributed by atoms with Crippen LogP contribution in [-0.4, -0.2) is 59.1 Å². The van der Waals surface area contributed by atoms with E-state index in [2.05, 4.69) is 25.5 Å². The monoisotopic (exact) mass is 304 g/mol. The van der Waals surface area contributed by atoms with Crippen LogP contribution in [-0.2, 0) is 9.53 Å². The number of carbonyl (C=O) groups excluding carboxylic acids is 1. The van der Waals surface area contributed by atoms with Gasteiger partial charge >= 0.3 is 0 Å². The molecule has 118 valence electrons. The van der Waals surface area contributed by atoms with E-state index < -0.39 is 0 Å². The lowest BCUT2D eigenvalue weighted by Crippen LogP contribution is -2.41. The zero-order valence-corrected chi connectivity index (χ0v) is 12.6. The second-order valence-electron chi connectivity index (χ2n) is 5.37. The largest absolute Gasteiger partial charge is 0.383 e. The van der Waals surface area contributed by atoms with E-state index in [1.54, 1.807) is 18.0 Å². The summed E-state index contributed by atoms with van der Waals surface area (Å²) in [6, 6.07) is 3.85. The van der Waals surface area contributed by atoms with Crippen molar-refractivity contribution < 1.29 is 9.53 Å². The van der Waals surface area contributed by atoms with Crippen LogP contribution in [0.25, 0.3) is 5.65 Å². The molecule has 0 bridgehead atoms. The van der Waals surface area contributed by atoms with Gasteiger partial charge < -0.3 is 15.0 Å². The molecule has 1 aliphatic heterocycles. The Balaban J connectivity index is 1.55. The van der Waals surface area contributed by atoms with E-state index in [4.69, 9.17) is 4.74 Å². The third-order valence-electron chi connectivity index (χ3n) is 3.94. The topological polar surface area (TPSA) is 84.6 Å². The number of nitrogens with one attached hydrogen (secondary N) is 1. The van der Waals surface area contributed by atoms with E-state index in [0.29, 0.717) is 13.2 Å². The van der Waals surface area contributed by atoms with Gasteiger partial charge in [0, 0.05) is 32.7 Å². The van der Waals surface area contributed by atoms with Crippen molar-refractivity contribution in [3.8, 4) is 0 Å². The summed E-state index contributed by atoms with van der Waals surface area (Å²) >= 11 is 0. The van der Waals surface area contributed by atoms with Gasteiger partial charge in [0.05, 0.1) is 6.61 Å². The molecule has 1 fully saturated rings. The first-order chi connectivity index (χ1) is 10.8. The summed E-state index contributed by atoms with van der Waals surface area (Å²) in [5, 5.41) is 15.2. The maximum Gasteiger partial charge on any atom is 0.223 e. The Kier molecular flexibility index (Phi) is 4.47. The smallest absolute Gasteiger partial charge is 0.223 e. The summed E-state index contributed by atoms with van der Waals surface area (Å²) in [5.74, 6) is 1.09. The predicted octanol–water partition coefficient (Wildman–Crippen LogP) is 0.103. The Bertz CT molecular complexity index is 635. The summed E-state index contributed by atoms with van der Waals surface area (Å²) in [6.07, 6.45) is 3.26. The zero-order chi connectivity index (χ0) is 15.4. The Morgan fingerprint density at radius 2 is 2.23 bits per heavy atom. The van der Waals surface area contributed by atoms with Gasteiger partial charge in [0.15, 0.2) is 5.65 Å². The molecule has 22 heavy (non-hydrogen) atoms. The van der Waals surface area contributed by atoms with Gasteiger partial charge in [-0.25, -0.2) is 0 Å². The lowest BCUT2D eigenvalue weighted by atomic mass is 9.96. The normalized spacial score (nSPS) is 16.1. The molecule has 2 aromatic heterocycles. The molecule has 8 heteroatoms. The maximum atomic E-state index is 12.0. The number of ether oxygens (including phenoxy) is 1. The van der Waals surface area contributed by atoms with Crippen LogP contribution in [0.4, 0.5) is 5.82 Å². The number of piperidine rings is 1. The quantitative estimate of drug-likeness (QED) is 0.789. The number of carbonyl (C=O) groups is 1. The number of nitrogens with zero attached hydrogens (tertiary/aromatic N) is 5. The van der Waals surface area contributed by atoms with Crippen LogP contribution in [0, 0.1) is 5.92 Å². The van der Waals surface area contributed by atoms with Gasteiger partial charge in [0.25, 0.3) is 0 Å². The van der Waals surface area contributed by atoms with Gasteiger partial charge in [-0.05, 0) is 25.0 Å². The Hall–Kier alpha value is -2.22. The third-order valence-corrected chi connectivity index (χ3v) is 3.94. The van der Waals surface area contributed by atoms with Gasteiger partial charge in [0.2, 0.25) is 5.91 Å². The highest BCUT2D eigenvalue weighted by Crippen LogP contribution is 2.21. The fourth-order valence-corrected chi connectivity index (χ4v) is 2.68. The van der Waals surface area contributed by atoms with Crippen LogP contribution in [0.15, 0.2) is 18.5 Å². The number of amides is 1. The SMILES string of the molecule is COCCNC(=O)C1CCN(c2ccc3nncn3n2)CC1. The number of rotatable bonds is 5. The zero-order valence-electron chi connectivity index (χ0n) is 12.6. The number of hydrogen-bond donors (Lipinski definition) is 1. The van der Waals surface area contributed by atoms with E-state index in [1.807, 2.05) is 12.1 Å². The lowest BCUT2D eigenvalue weighted by Gasteiger charge is -2.31. The van der Waals surface area contributed by atoms with E-state index >= 15 is 0 Å². The molecule has 8 nitrogen and oxygen atoms in total. The van der Waals surface area contributed by atoms with Crippen molar-refractivity contribution in [2.24, 2.45) is 5.92 Å². The fourth-order valence-electron chi connectivity index (χ4n) is 2.68. The minimum absolute atomic E-state index is 0.0757. The molecular weight excluding hydrogens is 284 g/mol. The van der Waals surface area contributed by atoms with E-state index in [-0.39, 0.29) is 11.8 Å². The van der Waals surface area contributed by atoms with Gasteiger partial charge in [-0.15, -0.1) is 15.3 Å². The van der Waals surface area contributed by atoms with Gasteiger partial charge in [-0.3, -0.25) is 4.79 Å². The first-order valence-electron chi connectivity index (χ1n) is 7.46. The van der Waals surface area contributed by atoms with Crippen molar-refractivity contribution in [3.63, 3.8) is 0 Å². The number of hydrogen-bond acceptors (Lipinski definition) is 6. The van der Waals surface area contributed by atoms with Gasteiger partial charge in [-0.2, -0.15) is 4.52 Å². The summed E-state index contributed by atoms with van der Waals surface area (Å²) < 4.78 is 6.60. The molecular formula is C14H20N6O2. The molecule has 0 atom stereocenters. The molecule has 0 spiro atoms. The average molecular weight is 304 g/mol. The highest BCUT2D eigenvalue weighted by atomic mass is 16.5. The molecule has 2 aromatic rings. The number of aromatic nitrogens is 4. The molecule has 3 rings (SSSR count). The first kappa shape index (κ1) is 14.7. The Labute approximate surface area is 128 Å². The number of methoxy groups -OCH3 is 1. The molecule has 0 aliphatic carbocycles. The standard InChI is InChI=1S/C14H20N6O2/c1-22-9-6-15-14(21)11-4-7-19(8-5-11)13-3-2-12-17-16-10-20(12)18-13/h2-3,10-11H,4-9H2,1H3,(H,15,21). The Morgan fingerprint density at radius 1 is 1.41 bits per heavy atom. The third kappa shape index (κ3) is 3.16. The van der Waals surface area contributed by atoms with Crippen molar-refractivity contribution in [2.75, 3.05) is 38.3 Å². The van der Waals surface area contributed by atoms with Crippen molar-refractivity contribution in [1.82, 2.24) is 25.1 Å². The van der Waals surface area contributed by atoms with E-state index in [1.165, 1.54) is 0 Å². The predicted molar refractivity (Wildman–Crippen MR) is 80.6 cm³/mol. The molecule has 0 saturated carbocycles. The first-order valence-corrected chi connectivity index (χ1v) is 7.46. The molecule has 0 radical (unpaired) electrons. The molecule has 0 unspecified atom stereocenters. The second kappa shape index (κ2) is 6.69. The van der Waals surface area contributed by atoms with Crippen molar-refractivity contribution in [3.05, 3.63) is 18.5 Å². The van der Waals surface area contributed by atoms with Crippen LogP contribution < -0.4 is 10.2 Å². The van der Waals surface area contributed by atoms with Crippen molar-refractivity contribution >= 4 is 17.4 Å².